The molecule has 0 bridgehead atoms. The molecule has 8 heteroatoms. The maximum absolute atomic E-state index is 13.0. The van der Waals surface area contributed by atoms with Gasteiger partial charge >= 0.3 is 6.18 Å². The highest BCUT2D eigenvalue weighted by Gasteiger charge is 2.45. The smallest absolute Gasteiger partial charge is 0.327 e. The molecule has 2 atom stereocenters. The van der Waals surface area contributed by atoms with Crippen molar-refractivity contribution < 1.29 is 13.2 Å². The topological polar surface area (TPSA) is 56.7 Å². The maximum atomic E-state index is 13.0. The minimum atomic E-state index is -4.33. The zero-order valence-corrected chi connectivity index (χ0v) is 11.9. The molecule has 2 unspecified atom stereocenters. The summed E-state index contributed by atoms with van der Waals surface area (Å²) in [5, 5.41) is 6.84. The lowest BCUT2D eigenvalue weighted by Gasteiger charge is -2.22. The number of halogens is 3. The number of nitrogens with zero attached hydrogens (tertiary/aromatic N) is 3. The average molecular weight is 306 g/mol. The second kappa shape index (κ2) is 4.91. The molecule has 0 radical (unpaired) electrons. The van der Waals surface area contributed by atoms with E-state index < -0.39 is 17.5 Å². The van der Waals surface area contributed by atoms with Crippen LogP contribution < -0.4 is 5.73 Å². The van der Waals surface area contributed by atoms with E-state index in [0.29, 0.717) is 22.8 Å². The molecule has 4 nitrogen and oxygen atoms in total. The Morgan fingerprint density at radius 3 is 2.35 bits per heavy atom. The first-order valence-electron chi connectivity index (χ1n) is 6.81. The summed E-state index contributed by atoms with van der Waals surface area (Å²) in [6.07, 6.45) is -0.212. The van der Waals surface area contributed by atoms with E-state index in [2.05, 4.69) is 10.2 Å². The molecule has 20 heavy (non-hydrogen) atoms. The zero-order valence-electron chi connectivity index (χ0n) is 11.1. The molecule has 0 saturated heterocycles. The Kier molecular flexibility index (Phi) is 3.48. The van der Waals surface area contributed by atoms with Crippen molar-refractivity contribution in [3.05, 3.63) is 5.82 Å². The normalized spacial score (nSPS) is 22.9. The number of alkyl halides is 3. The van der Waals surface area contributed by atoms with Gasteiger partial charge in [-0.25, -0.2) is 0 Å². The monoisotopic (exact) mass is 306 g/mol. The fourth-order valence-electron chi connectivity index (χ4n) is 2.25. The van der Waals surface area contributed by atoms with E-state index in [1.54, 1.807) is 0 Å². The van der Waals surface area contributed by atoms with Crippen LogP contribution in [0.2, 0.25) is 0 Å². The minimum Gasteiger partial charge on any atom is -0.327 e. The molecule has 2 aliphatic carbocycles. The molecule has 2 fully saturated rings. The van der Waals surface area contributed by atoms with Crippen LogP contribution in [0.5, 0.6) is 0 Å². The lowest BCUT2D eigenvalue weighted by molar-refractivity contribution is -0.131. The molecule has 0 amide bonds. The van der Waals surface area contributed by atoms with Crippen LogP contribution in [0.15, 0.2) is 5.16 Å². The van der Waals surface area contributed by atoms with E-state index in [1.165, 1.54) is 6.92 Å². The zero-order chi connectivity index (χ0) is 14.5. The van der Waals surface area contributed by atoms with Crippen molar-refractivity contribution in [3.63, 3.8) is 0 Å². The predicted octanol–water partition coefficient (Wildman–Crippen LogP) is 2.86. The van der Waals surface area contributed by atoms with E-state index in [1.807, 2.05) is 4.57 Å². The minimum absolute atomic E-state index is 0.282. The second-order valence-electron chi connectivity index (χ2n) is 5.66. The van der Waals surface area contributed by atoms with Crippen molar-refractivity contribution in [1.82, 2.24) is 14.8 Å². The van der Waals surface area contributed by atoms with Crippen LogP contribution in [-0.4, -0.2) is 32.2 Å². The van der Waals surface area contributed by atoms with Crippen LogP contribution in [0.25, 0.3) is 0 Å². The summed E-state index contributed by atoms with van der Waals surface area (Å²) in [6.45, 7) is 1.38. The summed E-state index contributed by atoms with van der Waals surface area (Å²) >= 11 is 0.704. The quantitative estimate of drug-likeness (QED) is 0.850. The van der Waals surface area contributed by atoms with Crippen LogP contribution in [0.3, 0.4) is 0 Å². The van der Waals surface area contributed by atoms with Crippen molar-refractivity contribution >= 4 is 11.8 Å². The summed E-state index contributed by atoms with van der Waals surface area (Å²) in [4.78, 5) is 0. The molecule has 0 spiro atoms. The van der Waals surface area contributed by atoms with Gasteiger partial charge in [0.05, 0.1) is 0 Å². The maximum Gasteiger partial charge on any atom is 0.402 e. The van der Waals surface area contributed by atoms with E-state index in [0.717, 1.165) is 31.5 Å². The highest BCUT2D eigenvalue weighted by Crippen LogP contribution is 2.47. The molecule has 2 saturated carbocycles. The Hall–Kier alpha value is -0.760. The standard InChI is InChI=1S/C12H17F3N4S/c1-6(16)9(12(13,14)15)20-11-18-17-10(7-2-3-7)19(11)8-4-5-8/h6-9H,2-5,16H2,1H3. The number of hydrogen-bond acceptors (Lipinski definition) is 4. The summed E-state index contributed by atoms with van der Waals surface area (Å²) in [5.74, 6) is 1.25. The van der Waals surface area contributed by atoms with E-state index in [9.17, 15) is 13.2 Å². The number of aromatic nitrogens is 3. The van der Waals surface area contributed by atoms with Crippen molar-refractivity contribution in [2.24, 2.45) is 5.73 Å². The Labute approximate surface area is 119 Å². The van der Waals surface area contributed by atoms with Crippen molar-refractivity contribution in [1.29, 1.82) is 0 Å². The summed E-state index contributed by atoms with van der Waals surface area (Å²) < 4.78 is 41.0. The van der Waals surface area contributed by atoms with Gasteiger partial charge in [-0.1, -0.05) is 11.8 Å². The Balaban J connectivity index is 1.86. The lowest BCUT2D eigenvalue weighted by Crippen LogP contribution is -2.40. The van der Waals surface area contributed by atoms with E-state index in [-0.39, 0.29) is 6.04 Å². The van der Waals surface area contributed by atoms with Crippen LogP contribution in [0.4, 0.5) is 13.2 Å². The Morgan fingerprint density at radius 2 is 1.90 bits per heavy atom. The fraction of sp³-hybridized carbons (Fsp3) is 0.833. The fourth-order valence-corrected chi connectivity index (χ4v) is 3.27. The van der Waals surface area contributed by atoms with Gasteiger partial charge in [0, 0.05) is 18.0 Å². The van der Waals surface area contributed by atoms with Crippen molar-refractivity contribution in [3.8, 4) is 0 Å². The van der Waals surface area contributed by atoms with Gasteiger partial charge in [-0.2, -0.15) is 13.2 Å². The third-order valence-corrected chi connectivity index (χ3v) is 5.02. The molecule has 1 heterocycles. The van der Waals surface area contributed by atoms with Crippen LogP contribution in [0.1, 0.15) is 50.4 Å². The number of nitrogens with two attached hydrogens (primary N) is 1. The summed E-state index contributed by atoms with van der Waals surface area (Å²) in [6, 6.07) is -0.696. The summed E-state index contributed by atoms with van der Waals surface area (Å²) in [5.41, 5.74) is 5.49. The summed E-state index contributed by atoms with van der Waals surface area (Å²) in [7, 11) is 0. The molecule has 2 aliphatic rings. The van der Waals surface area contributed by atoms with Crippen LogP contribution in [-0.2, 0) is 0 Å². The lowest BCUT2D eigenvalue weighted by atomic mass is 10.2. The van der Waals surface area contributed by atoms with Gasteiger partial charge in [0.25, 0.3) is 0 Å². The first kappa shape index (κ1) is 14.2. The number of thioether (sulfide) groups is 1. The SMILES string of the molecule is CC(N)C(Sc1nnc(C2CC2)n1C1CC1)C(F)(F)F. The van der Waals surface area contributed by atoms with Crippen molar-refractivity contribution in [2.45, 2.75) is 67.2 Å². The first-order chi connectivity index (χ1) is 9.38. The van der Waals surface area contributed by atoms with Crippen molar-refractivity contribution in [2.75, 3.05) is 0 Å². The molecule has 3 rings (SSSR count). The second-order valence-corrected chi connectivity index (χ2v) is 6.76. The number of rotatable bonds is 5. The Morgan fingerprint density at radius 1 is 1.25 bits per heavy atom. The van der Waals surface area contributed by atoms with Crippen LogP contribution >= 0.6 is 11.8 Å². The molecule has 0 aliphatic heterocycles. The van der Waals surface area contributed by atoms with Crippen LogP contribution in [0, 0.1) is 0 Å². The van der Waals surface area contributed by atoms with Gasteiger partial charge in [0.1, 0.15) is 11.1 Å². The largest absolute Gasteiger partial charge is 0.402 e. The third-order valence-electron chi connectivity index (χ3n) is 3.58. The Bertz CT molecular complexity index is 491. The molecular weight excluding hydrogens is 289 g/mol. The predicted molar refractivity (Wildman–Crippen MR) is 69.6 cm³/mol. The van der Waals surface area contributed by atoms with Gasteiger partial charge in [0.2, 0.25) is 0 Å². The average Bonchev–Trinajstić information content (AvgIpc) is 3.22. The molecule has 1 aromatic heterocycles. The number of hydrogen-bond donors (Lipinski definition) is 1. The third kappa shape index (κ3) is 2.81. The molecular formula is C12H17F3N4S. The van der Waals surface area contributed by atoms with Gasteiger partial charge in [0.15, 0.2) is 5.16 Å². The van der Waals surface area contributed by atoms with Gasteiger partial charge in [-0.05, 0) is 32.6 Å². The molecule has 1 aromatic rings. The van der Waals surface area contributed by atoms with Gasteiger partial charge < -0.3 is 10.3 Å². The highest BCUT2D eigenvalue weighted by molar-refractivity contribution is 7.99. The molecule has 0 aromatic carbocycles. The molecule has 112 valence electrons. The molecule has 2 N–H and O–H groups in total. The van der Waals surface area contributed by atoms with Gasteiger partial charge in [-0.15, -0.1) is 10.2 Å². The highest BCUT2D eigenvalue weighted by atomic mass is 32.2. The van der Waals surface area contributed by atoms with Gasteiger partial charge in [-0.3, -0.25) is 0 Å². The first-order valence-corrected chi connectivity index (χ1v) is 7.69. The van der Waals surface area contributed by atoms with E-state index in [4.69, 9.17) is 5.73 Å². The van der Waals surface area contributed by atoms with E-state index >= 15 is 0 Å².